The van der Waals surface area contributed by atoms with E-state index in [9.17, 15) is 19.3 Å². The van der Waals surface area contributed by atoms with Gasteiger partial charge in [-0.2, -0.15) is 0 Å². The number of hydrogen-bond acceptors (Lipinski definition) is 6. The monoisotopic (exact) mass is 505 g/mol. The summed E-state index contributed by atoms with van der Waals surface area (Å²) >= 11 is 0. The van der Waals surface area contributed by atoms with Gasteiger partial charge < -0.3 is 14.4 Å². The summed E-state index contributed by atoms with van der Waals surface area (Å²) in [6.07, 6.45) is 1.56. The molecule has 0 saturated carbocycles. The second-order valence-corrected chi connectivity index (χ2v) is 9.60. The highest BCUT2D eigenvalue weighted by Crippen LogP contribution is 2.48. The fourth-order valence-electron chi connectivity index (χ4n) is 5.51. The number of methoxy groups -OCH3 is 2. The Bertz CT molecular complexity index is 1340. The van der Waals surface area contributed by atoms with Crippen molar-refractivity contribution in [2.45, 2.75) is 24.8 Å². The Kier molecular flexibility index (Phi) is 6.55. The molecule has 0 radical (unpaired) electrons. The van der Waals surface area contributed by atoms with E-state index >= 15 is 0 Å². The lowest BCUT2D eigenvalue weighted by atomic mass is 9.74. The second-order valence-electron chi connectivity index (χ2n) is 9.60. The minimum atomic E-state index is -0.493. The number of rotatable bonds is 6. The SMILES string of the molecule is COc1ccc(CN2CCC3(CC2)CN(C(=O)c2ccc([N+](=O)[O-])cc2)c2ccc(F)cc23)cc1OC. The van der Waals surface area contributed by atoms with Crippen molar-refractivity contribution in [1.29, 1.82) is 0 Å². The van der Waals surface area contributed by atoms with Crippen LogP contribution < -0.4 is 14.4 Å². The molecule has 0 N–H and O–H groups in total. The summed E-state index contributed by atoms with van der Waals surface area (Å²) in [6, 6.07) is 16.1. The van der Waals surface area contributed by atoms with Crippen LogP contribution in [0, 0.1) is 15.9 Å². The number of anilines is 1. The van der Waals surface area contributed by atoms with Crippen molar-refractivity contribution >= 4 is 17.3 Å². The van der Waals surface area contributed by atoms with Crippen molar-refractivity contribution in [3.8, 4) is 11.5 Å². The molecule has 8 nitrogen and oxygen atoms in total. The van der Waals surface area contributed by atoms with Crippen LogP contribution in [-0.2, 0) is 12.0 Å². The minimum Gasteiger partial charge on any atom is -0.493 e. The van der Waals surface area contributed by atoms with Gasteiger partial charge in [0.2, 0.25) is 0 Å². The zero-order valence-electron chi connectivity index (χ0n) is 20.8. The number of piperidine rings is 1. The molecule has 0 atom stereocenters. The zero-order valence-corrected chi connectivity index (χ0v) is 20.8. The fraction of sp³-hybridized carbons (Fsp3) is 0.321. The molecule has 192 valence electrons. The maximum Gasteiger partial charge on any atom is 0.269 e. The second kappa shape index (κ2) is 9.82. The molecule has 0 unspecified atom stereocenters. The number of halogens is 1. The molecule has 37 heavy (non-hydrogen) atoms. The lowest BCUT2D eigenvalue weighted by molar-refractivity contribution is -0.384. The topological polar surface area (TPSA) is 85.2 Å². The zero-order chi connectivity index (χ0) is 26.2. The molecule has 1 saturated heterocycles. The van der Waals surface area contributed by atoms with E-state index in [1.807, 2.05) is 18.2 Å². The molecule has 0 bridgehead atoms. The van der Waals surface area contributed by atoms with Gasteiger partial charge in [0.05, 0.1) is 19.1 Å². The summed E-state index contributed by atoms with van der Waals surface area (Å²) in [6.45, 7) is 2.79. The van der Waals surface area contributed by atoms with Crippen LogP contribution in [0.3, 0.4) is 0 Å². The van der Waals surface area contributed by atoms with Crippen LogP contribution in [0.15, 0.2) is 60.7 Å². The van der Waals surface area contributed by atoms with E-state index in [1.165, 1.54) is 30.3 Å². The van der Waals surface area contributed by atoms with E-state index in [0.29, 0.717) is 29.3 Å². The Labute approximate surface area is 214 Å². The van der Waals surface area contributed by atoms with Gasteiger partial charge in [-0.15, -0.1) is 0 Å². The molecule has 1 spiro atoms. The average molecular weight is 506 g/mol. The first kappa shape index (κ1) is 24.7. The lowest BCUT2D eigenvalue weighted by Crippen LogP contribution is -2.45. The predicted molar refractivity (Wildman–Crippen MR) is 137 cm³/mol. The van der Waals surface area contributed by atoms with Crippen molar-refractivity contribution in [2.24, 2.45) is 0 Å². The number of amides is 1. The van der Waals surface area contributed by atoms with Gasteiger partial charge in [0.1, 0.15) is 5.82 Å². The lowest BCUT2D eigenvalue weighted by Gasteiger charge is -2.40. The molecular formula is C28H28FN3O5. The van der Waals surface area contributed by atoms with E-state index < -0.39 is 4.92 Å². The van der Waals surface area contributed by atoms with Gasteiger partial charge in [0.15, 0.2) is 11.5 Å². The van der Waals surface area contributed by atoms with E-state index in [4.69, 9.17) is 9.47 Å². The third kappa shape index (κ3) is 4.62. The average Bonchev–Trinajstić information content (AvgIpc) is 3.22. The Morgan fingerprint density at radius 1 is 1.00 bits per heavy atom. The summed E-state index contributed by atoms with van der Waals surface area (Å²) in [5.41, 5.74) is 2.62. The maximum atomic E-state index is 14.4. The molecule has 1 amide bonds. The maximum absolute atomic E-state index is 14.4. The number of carbonyl (C=O) groups excluding carboxylic acids is 1. The molecule has 2 aliphatic heterocycles. The standard InChI is InChI=1S/C28H28FN3O5/c1-36-25-10-3-19(15-26(25)37-2)17-30-13-11-28(12-14-30)18-31(24-9-6-21(29)16-23(24)28)27(33)20-4-7-22(8-5-20)32(34)35/h3-10,15-16H,11-14,17-18H2,1-2H3. The largest absolute Gasteiger partial charge is 0.493 e. The molecule has 2 aliphatic rings. The van der Waals surface area contributed by atoms with Crippen LogP contribution >= 0.6 is 0 Å². The van der Waals surface area contributed by atoms with Crippen LogP contribution in [0.5, 0.6) is 11.5 Å². The summed E-state index contributed by atoms with van der Waals surface area (Å²) in [5.74, 6) is 0.809. The quantitative estimate of drug-likeness (QED) is 0.348. The van der Waals surface area contributed by atoms with Crippen molar-refractivity contribution in [3.05, 3.63) is 93.3 Å². The van der Waals surface area contributed by atoms with Gasteiger partial charge in [0.25, 0.3) is 11.6 Å². The molecule has 2 heterocycles. The normalized spacial score (nSPS) is 16.5. The van der Waals surface area contributed by atoms with E-state index in [1.54, 1.807) is 31.3 Å². The third-order valence-electron chi connectivity index (χ3n) is 7.52. The number of non-ortho nitro benzene ring substituents is 1. The van der Waals surface area contributed by atoms with Crippen LogP contribution in [0.2, 0.25) is 0 Å². The van der Waals surface area contributed by atoms with Crippen molar-refractivity contribution < 1.29 is 23.6 Å². The molecular weight excluding hydrogens is 477 g/mol. The number of ether oxygens (including phenoxy) is 2. The van der Waals surface area contributed by atoms with Crippen molar-refractivity contribution in [1.82, 2.24) is 4.90 Å². The highest BCUT2D eigenvalue weighted by atomic mass is 19.1. The minimum absolute atomic E-state index is 0.0706. The van der Waals surface area contributed by atoms with Crippen LogP contribution in [-0.4, -0.2) is 49.6 Å². The van der Waals surface area contributed by atoms with Crippen LogP contribution in [0.4, 0.5) is 15.8 Å². The Hall–Kier alpha value is -3.98. The number of likely N-dealkylation sites (tertiary alicyclic amines) is 1. The Morgan fingerprint density at radius 3 is 2.35 bits per heavy atom. The summed E-state index contributed by atoms with van der Waals surface area (Å²) < 4.78 is 25.1. The first-order chi connectivity index (χ1) is 17.8. The molecule has 3 aromatic carbocycles. The molecule has 0 aromatic heterocycles. The van der Waals surface area contributed by atoms with E-state index in [-0.39, 0.29) is 22.8 Å². The fourth-order valence-corrected chi connectivity index (χ4v) is 5.51. The van der Waals surface area contributed by atoms with Gasteiger partial charge in [-0.05, 0) is 79.5 Å². The van der Waals surface area contributed by atoms with Crippen LogP contribution in [0.1, 0.15) is 34.3 Å². The van der Waals surface area contributed by atoms with E-state index in [2.05, 4.69) is 4.90 Å². The number of benzene rings is 3. The number of hydrogen-bond donors (Lipinski definition) is 0. The van der Waals surface area contributed by atoms with Gasteiger partial charge in [-0.3, -0.25) is 19.8 Å². The van der Waals surface area contributed by atoms with Gasteiger partial charge >= 0.3 is 0 Å². The number of carbonyl (C=O) groups is 1. The van der Waals surface area contributed by atoms with E-state index in [0.717, 1.165) is 43.6 Å². The highest BCUT2D eigenvalue weighted by molar-refractivity contribution is 6.07. The smallest absolute Gasteiger partial charge is 0.269 e. The van der Waals surface area contributed by atoms with Crippen molar-refractivity contribution in [3.63, 3.8) is 0 Å². The molecule has 3 aromatic rings. The molecule has 0 aliphatic carbocycles. The number of nitro benzene ring substituents is 1. The van der Waals surface area contributed by atoms with Gasteiger partial charge in [-0.1, -0.05) is 6.07 Å². The molecule has 5 rings (SSSR count). The number of fused-ring (bicyclic) bond motifs is 2. The van der Waals surface area contributed by atoms with Gasteiger partial charge in [-0.25, -0.2) is 4.39 Å². The molecule has 9 heteroatoms. The Balaban J connectivity index is 1.35. The summed E-state index contributed by atoms with van der Waals surface area (Å²) in [7, 11) is 3.23. The predicted octanol–water partition coefficient (Wildman–Crippen LogP) is 4.95. The van der Waals surface area contributed by atoms with Crippen LogP contribution in [0.25, 0.3) is 0 Å². The first-order valence-electron chi connectivity index (χ1n) is 12.1. The van der Waals surface area contributed by atoms with Gasteiger partial charge in [0, 0.05) is 41.9 Å². The number of nitrogens with zero attached hydrogens (tertiary/aromatic N) is 3. The number of nitro groups is 1. The third-order valence-corrected chi connectivity index (χ3v) is 7.52. The highest BCUT2D eigenvalue weighted by Gasteiger charge is 2.46. The summed E-state index contributed by atoms with van der Waals surface area (Å²) in [4.78, 5) is 28.0. The summed E-state index contributed by atoms with van der Waals surface area (Å²) in [5, 5.41) is 11.0. The first-order valence-corrected chi connectivity index (χ1v) is 12.1. The molecule has 1 fully saturated rings. The Morgan fingerprint density at radius 2 is 1.70 bits per heavy atom. The van der Waals surface area contributed by atoms with Crippen molar-refractivity contribution in [2.75, 3.05) is 38.8 Å².